The van der Waals surface area contributed by atoms with Crippen molar-refractivity contribution in [1.29, 1.82) is 0 Å². The van der Waals surface area contributed by atoms with Gasteiger partial charge in [-0.25, -0.2) is 4.79 Å². The van der Waals surface area contributed by atoms with Gasteiger partial charge in [0.25, 0.3) is 0 Å². The van der Waals surface area contributed by atoms with Crippen molar-refractivity contribution in [3.63, 3.8) is 0 Å². The summed E-state index contributed by atoms with van der Waals surface area (Å²) in [5, 5.41) is 5.09. The smallest absolute Gasteiger partial charge is 0.321 e. The summed E-state index contributed by atoms with van der Waals surface area (Å²) in [5.41, 5.74) is 0.800. The zero-order valence-corrected chi connectivity index (χ0v) is 15.4. The van der Waals surface area contributed by atoms with Crippen LogP contribution in [-0.2, 0) is 6.42 Å². The molecule has 1 N–H and O–H groups in total. The molecule has 1 fully saturated rings. The Morgan fingerprint density at radius 2 is 1.92 bits per heavy atom. The van der Waals surface area contributed by atoms with E-state index in [-0.39, 0.29) is 6.03 Å². The normalized spacial score (nSPS) is 15.2. The van der Waals surface area contributed by atoms with Crippen LogP contribution < -0.4 is 10.1 Å². The van der Waals surface area contributed by atoms with Crippen LogP contribution in [-0.4, -0.2) is 55.2 Å². The molecule has 0 atom stereocenters. The van der Waals surface area contributed by atoms with Crippen LogP contribution in [0.5, 0.6) is 5.75 Å². The molecule has 134 valence electrons. The van der Waals surface area contributed by atoms with Gasteiger partial charge in [-0.2, -0.15) is 0 Å². The Hall–Kier alpha value is -2.05. The molecule has 3 rings (SSSR count). The van der Waals surface area contributed by atoms with E-state index in [0.29, 0.717) is 6.61 Å². The zero-order valence-electron chi connectivity index (χ0n) is 14.6. The fourth-order valence-electron chi connectivity index (χ4n) is 2.90. The highest BCUT2D eigenvalue weighted by atomic mass is 32.1. The lowest BCUT2D eigenvalue weighted by Crippen LogP contribution is -2.50. The Morgan fingerprint density at radius 1 is 1.16 bits per heavy atom. The van der Waals surface area contributed by atoms with Crippen molar-refractivity contribution < 1.29 is 9.53 Å². The Labute approximate surface area is 153 Å². The van der Waals surface area contributed by atoms with Crippen LogP contribution in [0.3, 0.4) is 0 Å². The maximum atomic E-state index is 12.4. The van der Waals surface area contributed by atoms with Gasteiger partial charge in [-0.15, -0.1) is 11.3 Å². The molecule has 0 radical (unpaired) electrons. The highest BCUT2D eigenvalue weighted by molar-refractivity contribution is 7.09. The molecule has 2 amide bonds. The monoisotopic (exact) mass is 359 g/mol. The second kappa shape index (κ2) is 8.87. The van der Waals surface area contributed by atoms with Gasteiger partial charge in [0.1, 0.15) is 5.75 Å². The highest BCUT2D eigenvalue weighted by Gasteiger charge is 2.20. The molecule has 0 saturated carbocycles. The topological polar surface area (TPSA) is 44.8 Å². The first-order valence-corrected chi connectivity index (χ1v) is 9.66. The Balaban J connectivity index is 1.41. The van der Waals surface area contributed by atoms with Crippen molar-refractivity contribution in [1.82, 2.24) is 9.80 Å². The highest BCUT2D eigenvalue weighted by Crippen LogP contribution is 2.16. The largest absolute Gasteiger partial charge is 0.494 e. The zero-order chi connectivity index (χ0) is 17.5. The van der Waals surface area contributed by atoms with Crippen molar-refractivity contribution in [3.8, 4) is 5.75 Å². The third kappa shape index (κ3) is 5.21. The van der Waals surface area contributed by atoms with Crippen molar-refractivity contribution in [2.45, 2.75) is 13.3 Å². The first-order valence-electron chi connectivity index (χ1n) is 8.78. The molecule has 1 saturated heterocycles. The van der Waals surface area contributed by atoms with Crippen molar-refractivity contribution in [2.75, 3.05) is 44.6 Å². The molecule has 0 spiro atoms. The molecule has 2 aromatic rings. The van der Waals surface area contributed by atoms with Crippen LogP contribution in [0.1, 0.15) is 11.8 Å². The molecule has 1 aromatic heterocycles. The van der Waals surface area contributed by atoms with E-state index in [0.717, 1.165) is 50.6 Å². The van der Waals surface area contributed by atoms with Crippen LogP contribution in [0.15, 0.2) is 41.8 Å². The third-order valence-corrected chi connectivity index (χ3v) is 5.27. The fourth-order valence-corrected chi connectivity index (χ4v) is 3.60. The summed E-state index contributed by atoms with van der Waals surface area (Å²) in [6, 6.07) is 11.8. The maximum Gasteiger partial charge on any atom is 0.321 e. The van der Waals surface area contributed by atoms with Crippen LogP contribution in [0.2, 0.25) is 0 Å². The number of carbonyl (C=O) groups excluding carboxylic acids is 1. The van der Waals surface area contributed by atoms with Crippen LogP contribution in [0.4, 0.5) is 10.5 Å². The van der Waals surface area contributed by atoms with E-state index >= 15 is 0 Å². The van der Waals surface area contributed by atoms with E-state index in [1.54, 1.807) is 0 Å². The molecular formula is C19H25N3O2S. The second-order valence-corrected chi connectivity index (χ2v) is 7.08. The Bertz CT molecular complexity index is 650. The molecular weight excluding hydrogens is 334 g/mol. The number of anilines is 1. The number of rotatable bonds is 6. The number of thiophene rings is 1. The predicted octanol–water partition coefficient (Wildman–Crippen LogP) is 3.54. The SMILES string of the molecule is CCOc1ccc(NC(=O)N2CCN(CCc3cccs3)CC2)cc1. The van der Waals surface area contributed by atoms with Crippen molar-refractivity contribution >= 4 is 23.1 Å². The minimum absolute atomic E-state index is 0.0259. The summed E-state index contributed by atoms with van der Waals surface area (Å²) < 4.78 is 5.42. The number of amides is 2. The molecule has 0 aliphatic carbocycles. The third-order valence-electron chi connectivity index (χ3n) is 4.33. The fraction of sp³-hybridized carbons (Fsp3) is 0.421. The van der Waals surface area contributed by atoms with Gasteiger partial charge >= 0.3 is 6.03 Å². The number of carbonyl (C=O) groups is 1. The molecule has 1 aromatic carbocycles. The van der Waals surface area contributed by atoms with Crippen LogP contribution in [0, 0.1) is 0 Å². The standard InChI is InChI=1S/C19H25N3O2S/c1-2-24-17-7-5-16(6-8-17)20-19(23)22-13-11-21(12-14-22)10-9-18-4-3-15-25-18/h3-8,15H,2,9-14H2,1H3,(H,20,23). The number of nitrogens with zero attached hydrogens (tertiary/aromatic N) is 2. The summed E-state index contributed by atoms with van der Waals surface area (Å²) in [6.45, 7) is 7.07. The predicted molar refractivity (Wildman–Crippen MR) is 103 cm³/mol. The minimum atomic E-state index is -0.0259. The number of piperazine rings is 1. The van der Waals surface area contributed by atoms with E-state index < -0.39 is 0 Å². The number of hydrogen-bond donors (Lipinski definition) is 1. The lowest BCUT2D eigenvalue weighted by atomic mass is 10.2. The summed E-state index contributed by atoms with van der Waals surface area (Å²) in [4.78, 5) is 18.1. The van der Waals surface area contributed by atoms with E-state index in [1.165, 1.54) is 4.88 Å². The van der Waals surface area contributed by atoms with Crippen molar-refractivity contribution in [2.24, 2.45) is 0 Å². The minimum Gasteiger partial charge on any atom is -0.494 e. The Kier molecular flexibility index (Phi) is 6.30. The molecule has 0 unspecified atom stereocenters. The van der Waals surface area contributed by atoms with Gasteiger partial charge in [-0.05, 0) is 49.1 Å². The average Bonchev–Trinajstić information content (AvgIpc) is 3.16. The van der Waals surface area contributed by atoms with Crippen LogP contribution in [0.25, 0.3) is 0 Å². The lowest BCUT2D eigenvalue weighted by Gasteiger charge is -2.34. The number of urea groups is 1. The van der Waals surface area contributed by atoms with Gasteiger partial charge < -0.3 is 15.0 Å². The van der Waals surface area contributed by atoms with E-state index in [4.69, 9.17) is 4.74 Å². The van der Waals surface area contributed by atoms with E-state index in [9.17, 15) is 4.79 Å². The number of ether oxygens (including phenoxy) is 1. The van der Waals surface area contributed by atoms with E-state index in [2.05, 4.69) is 27.7 Å². The molecule has 25 heavy (non-hydrogen) atoms. The molecule has 5 nitrogen and oxygen atoms in total. The Morgan fingerprint density at radius 3 is 2.56 bits per heavy atom. The quantitative estimate of drug-likeness (QED) is 0.858. The average molecular weight is 359 g/mol. The summed E-state index contributed by atoms with van der Waals surface area (Å²) in [6.07, 6.45) is 1.09. The van der Waals surface area contributed by atoms with Gasteiger partial charge in [-0.1, -0.05) is 6.07 Å². The molecule has 6 heteroatoms. The van der Waals surface area contributed by atoms with Gasteiger partial charge in [0.05, 0.1) is 6.61 Å². The number of benzene rings is 1. The molecule has 1 aliphatic heterocycles. The first-order chi connectivity index (χ1) is 12.2. The van der Waals surface area contributed by atoms with E-state index in [1.807, 2.05) is 47.4 Å². The van der Waals surface area contributed by atoms with Crippen molar-refractivity contribution in [3.05, 3.63) is 46.7 Å². The first kappa shape index (κ1) is 17.8. The van der Waals surface area contributed by atoms with Gasteiger partial charge in [0.2, 0.25) is 0 Å². The number of hydrogen-bond acceptors (Lipinski definition) is 4. The lowest BCUT2D eigenvalue weighted by molar-refractivity contribution is 0.148. The van der Waals surface area contributed by atoms with Crippen LogP contribution >= 0.6 is 11.3 Å². The summed E-state index contributed by atoms with van der Waals surface area (Å²) >= 11 is 1.81. The summed E-state index contributed by atoms with van der Waals surface area (Å²) in [5.74, 6) is 0.819. The molecule has 0 bridgehead atoms. The van der Waals surface area contributed by atoms with Gasteiger partial charge in [0.15, 0.2) is 0 Å². The maximum absolute atomic E-state index is 12.4. The molecule has 2 heterocycles. The summed E-state index contributed by atoms with van der Waals surface area (Å²) in [7, 11) is 0. The molecule has 1 aliphatic rings. The van der Waals surface area contributed by atoms with Gasteiger partial charge in [0, 0.05) is 43.3 Å². The number of nitrogens with one attached hydrogen (secondary N) is 1. The second-order valence-electron chi connectivity index (χ2n) is 6.05. The van der Waals surface area contributed by atoms with Gasteiger partial charge in [-0.3, -0.25) is 4.90 Å².